The molecular weight excluding hydrogens is 200 g/mol. The molecule has 1 aromatic rings. The number of amides is 1. The molecule has 0 fully saturated rings. The van der Waals surface area contributed by atoms with Gasteiger partial charge in [0.05, 0.1) is 6.61 Å². The van der Waals surface area contributed by atoms with Crippen LogP contribution in [0.3, 0.4) is 0 Å². The minimum absolute atomic E-state index is 0.0661. The lowest BCUT2D eigenvalue weighted by atomic mass is 10.5. The first-order valence-corrected chi connectivity index (χ1v) is 4.49. The normalized spacial score (nSPS) is 10.3. The average molecular weight is 214 g/mol. The molecule has 0 bridgehead atoms. The van der Waals surface area contributed by atoms with Crippen LogP contribution in [0, 0.1) is 0 Å². The van der Waals surface area contributed by atoms with Gasteiger partial charge in [-0.15, -0.1) is 0 Å². The summed E-state index contributed by atoms with van der Waals surface area (Å²) in [6, 6.07) is 0. The molecule has 1 aromatic heterocycles. The van der Waals surface area contributed by atoms with E-state index >= 15 is 0 Å². The summed E-state index contributed by atoms with van der Waals surface area (Å²) in [7, 11) is 3.13. The Morgan fingerprint density at radius 3 is 2.93 bits per heavy atom. The highest BCUT2D eigenvalue weighted by Gasteiger charge is 2.06. The molecule has 1 rings (SSSR count). The topological polar surface area (TPSA) is 78.2 Å². The van der Waals surface area contributed by atoms with Crippen molar-refractivity contribution in [3.63, 3.8) is 0 Å². The molecule has 7 heteroatoms. The predicted molar refractivity (Wildman–Crippen MR) is 52.4 cm³/mol. The lowest BCUT2D eigenvalue weighted by Gasteiger charge is -2.03. The Kier molecular flexibility index (Phi) is 4.04. The number of methoxy groups -OCH3 is 1. The predicted octanol–water partition coefficient (Wildman–Crippen LogP) is -1.66. The minimum atomic E-state index is -0.308. The fourth-order valence-corrected chi connectivity index (χ4v) is 1.01. The zero-order chi connectivity index (χ0) is 11.3. The standard InChI is InChI=1S/C8H14N4O3/c1-11-6-10-12(8(11)14)5-7(13)9-3-4-15-2/h6H,3-5H2,1-2H3,(H,9,13). The van der Waals surface area contributed by atoms with E-state index in [2.05, 4.69) is 10.4 Å². The Morgan fingerprint density at radius 2 is 2.40 bits per heavy atom. The van der Waals surface area contributed by atoms with E-state index in [1.165, 1.54) is 10.9 Å². The van der Waals surface area contributed by atoms with Crippen LogP contribution in [0.15, 0.2) is 11.1 Å². The molecule has 0 spiro atoms. The Hall–Kier alpha value is -1.63. The number of ether oxygens (including phenoxy) is 1. The van der Waals surface area contributed by atoms with Gasteiger partial charge in [-0.3, -0.25) is 9.36 Å². The van der Waals surface area contributed by atoms with Gasteiger partial charge in [-0.2, -0.15) is 5.10 Å². The van der Waals surface area contributed by atoms with Gasteiger partial charge in [-0.05, 0) is 0 Å². The van der Waals surface area contributed by atoms with Gasteiger partial charge in [-0.25, -0.2) is 9.48 Å². The van der Waals surface area contributed by atoms with E-state index in [1.807, 2.05) is 0 Å². The van der Waals surface area contributed by atoms with E-state index < -0.39 is 0 Å². The SMILES string of the molecule is COCCNC(=O)Cn1ncn(C)c1=O. The molecule has 15 heavy (non-hydrogen) atoms. The molecule has 0 aliphatic heterocycles. The van der Waals surface area contributed by atoms with E-state index in [1.54, 1.807) is 14.2 Å². The minimum Gasteiger partial charge on any atom is -0.383 e. The number of nitrogens with zero attached hydrogens (tertiary/aromatic N) is 3. The van der Waals surface area contributed by atoms with Crippen molar-refractivity contribution in [2.45, 2.75) is 6.54 Å². The van der Waals surface area contributed by atoms with Gasteiger partial charge in [0, 0.05) is 20.7 Å². The van der Waals surface area contributed by atoms with Crippen LogP contribution < -0.4 is 11.0 Å². The second-order valence-corrected chi connectivity index (χ2v) is 3.02. The number of carbonyl (C=O) groups excluding carboxylic acids is 1. The van der Waals surface area contributed by atoms with Crippen molar-refractivity contribution in [2.24, 2.45) is 7.05 Å². The molecule has 0 aromatic carbocycles. The van der Waals surface area contributed by atoms with Crippen molar-refractivity contribution < 1.29 is 9.53 Å². The Morgan fingerprint density at radius 1 is 1.67 bits per heavy atom. The van der Waals surface area contributed by atoms with Gasteiger partial charge in [0.1, 0.15) is 12.9 Å². The third-order valence-electron chi connectivity index (χ3n) is 1.81. The lowest BCUT2D eigenvalue weighted by Crippen LogP contribution is -2.34. The summed E-state index contributed by atoms with van der Waals surface area (Å²) in [6.07, 6.45) is 1.37. The number of nitrogens with one attached hydrogen (secondary N) is 1. The maximum atomic E-state index is 11.3. The van der Waals surface area contributed by atoms with E-state index in [4.69, 9.17) is 4.74 Å². The molecule has 0 atom stereocenters. The quantitative estimate of drug-likeness (QED) is 0.595. The molecule has 0 saturated carbocycles. The molecule has 0 aliphatic carbocycles. The maximum absolute atomic E-state index is 11.3. The first-order chi connectivity index (χ1) is 7.15. The summed E-state index contributed by atoms with van der Waals surface area (Å²) in [5, 5.41) is 6.35. The van der Waals surface area contributed by atoms with Crippen LogP contribution in [0.25, 0.3) is 0 Å². The van der Waals surface area contributed by atoms with Crippen LogP contribution in [0.4, 0.5) is 0 Å². The van der Waals surface area contributed by atoms with Gasteiger partial charge in [0.2, 0.25) is 5.91 Å². The molecular formula is C8H14N4O3. The monoisotopic (exact) mass is 214 g/mol. The summed E-state index contributed by atoms with van der Waals surface area (Å²) in [4.78, 5) is 22.6. The number of aryl methyl sites for hydroxylation is 1. The highest BCUT2D eigenvalue weighted by atomic mass is 16.5. The van der Waals surface area contributed by atoms with E-state index in [9.17, 15) is 9.59 Å². The zero-order valence-corrected chi connectivity index (χ0v) is 8.77. The first kappa shape index (κ1) is 11.4. The number of hydrogen-bond acceptors (Lipinski definition) is 4. The summed E-state index contributed by atoms with van der Waals surface area (Å²) >= 11 is 0. The van der Waals surface area contributed by atoms with Crippen LogP contribution in [0.5, 0.6) is 0 Å². The largest absolute Gasteiger partial charge is 0.383 e. The average Bonchev–Trinajstić information content (AvgIpc) is 2.50. The van der Waals surface area contributed by atoms with E-state index in [-0.39, 0.29) is 18.1 Å². The molecule has 1 N–H and O–H groups in total. The second kappa shape index (κ2) is 5.30. The fourth-order valence-electron chi connectivity index (χ4n) is 1.01. The highest BCUT2D eigenvalue weighted by Crippen LogP contribution is 1.77. The van der Waals surface area contributed by atoms with Crippen LogP contribution in [0.2, 0.25) is 0 Å². The summed E-state index contributed by atoms with van der Waals surface area (Å²) < 4.78 is 7.17. The molecule has 1 amide bonds. The van der Waals surface area contributed by atoms with E-state index in [0.717, 1.165) is 4.68 Å². The Labute approximate surface area is 86.6 Å². The smallest absolute Gasteiger partial charge is 0.345 e. The van der Waals surface area contributed by atoms with Crippen molar-refractivity contribution in [1.29, 1.82) is 0 Å². The van der Waals surface area contributed by atoms with Gasteiger partial charge in [0.15, 0.2) is 0 Å². The zero-order valence-electron chi connectivity index (χ0n) is 8.77. The Bertz CT molecular complexity index is 381. The van der Waals surface area contributed by atoms with Gasteiger partial charge in [-0.1, -0.05) is 0 Å². The summed E-state index contributed by atoms with van der Waals surface area (Å²) in [6.45, 7) is 0.809. The van der Waals surface area contributed by atoms with Crippen molar-refractivity contribution >= 4 is 5.91 Å². The molecule has 84 valence electrons. The fraction of sp³-hybridized carbons (Fsp3) is 0.625. The molecule has 0 radical (unpaired) electrons. The van der Waals surface area contributed by atoms with Crippen LogP contribution in [-0.2, 0) is 23.1 Å². The molecule has 0 unspecified atom stereocenters. The Balaban J connectivity index is 2.45. The third kappa shape index (κ3) is 3.21. The van der Waals surface area contributed by atoms with Gasteiger partial charge >= 0.3 is 5.69 Å². The van der Waals surface area contributed by atoms with Crippen LogP contribution >= 0.6 is 0 Å². The van der Waals surface area contributed by atoms with Crippen molar-refractivity contribution in [1.82, 2.24) is 19.7 Å². The molecule has 7 nitrogen and oxygen atoms in total. The van der Waals surface area contributed by atoms with Crippen molar-refractivity contribution in [2.75, 3.05) is 20.3 Å². The highest BCUT2D eigenvalue weighted by molar-refractivity contribution is 5.75. The third-order valence-corrected chi connectivity index (χ3v) is 1.81. The number of hydrogen-bond donors (Lipinski definition) is 1. The van der Waals surface area contributed by atoms with Crippen LogP contribution in [-0.4, -0.2) is 40.5 Å². The van der Waals surface area contributed by atoms with Gasteiger partial charge in [0.25, 0.3) is 0 Å². The summed E-state index contributed by atoms with van der Waals surface area (Å²) in [5.74, 6) is -0.257. The van der Waals surface area contributed by atoms with E-state index in [0.29, 0.717) is 13.2 Å². The first-order valence-electron chi connectivity index (χ1n) is 4.49. The van der Waals surface area contributed by atoms with Crippen LogP contribution in [0.1, 0.15) is 0 Å². The number of rotatable bonds is 5. The summed E-state index contributed by atoms with van der Waals surface area (Å²) in [5.41, 5.74) is -0.308. The molecule has 0 saturated heterocycles. The van der Waals surface area contributed by atoms with Gasteiger partial charge < -0.3 is 10.1 Å². The number of aromatic nitrogens is 3. The van der Waals surface area contributed by atoms with Crippen molar-refractivity contribution in [3.05, 3.63) is 16.8 Å². The number of carbonyl (C=O) groups is 1. The lowest BCUT2D eigenvalue weighted by molar-refractivity contribution is -0.122. The second-order valence-electron chi connectivity index (χ2n) is 3.02. The molecule has 0 aliphatic rings. The molecule has 1 heterocycles. The van der Waals surface area contributed by atoms with Crippen molar-refractivity contribution in [3.8, 4) is 0 Å². The maximum Gasteiger partial charge on any atom is 0.345 e.